The van der Waals surface area contributed by atoms with Crippen LogP contribution in [0.15, 0.2) is 41.3 Å². The number of primary amides is 2. The fraction of sp³-hybridized carbons (Fsp3) is 0.600. The molecule has 0 unspecified atom stereocenters. The van der Waals surface area contributed by atoms with Crippen LogP contribution in [0.1, 0.15) is 76.7 Å². The second kappa shape index (κ2) is 18.3. The van der Waals surface area contributed by atoms with Crippen molar-refractivity contribution in [3.8, 4) is 0 Å². The number of benzene rings is 1. The first-order valence-electron chi connectivity index (χ1n) is 17.3. The highest BCUT2D eigenvalue weighted by Gasteiger charge is 2.42. The highest BCUT2D eigenvalue weighted by Crippen LogP contribution is 2.47. The Kier molecular flexibility index (Phi) is 14.5. The molecule has 1 aromatic heterocycles. The summed E-state index contributed by atoms with van der Waals surface area (Å²) in [6.07, 6.45) is 9.63. The molecular formula is C35H51ClF2N7O3S+. The molecule has 6 rings (SSSR count). The van der Waals surface area contributed by atoms with Gasteiger partial charge >= 0.3 is 0 Å². The Morgan fingerprint density at radius 1 is 1.08 bits per heavy atom. The Labute approximate surface area is 297 Å². The van der Waals surface area contributed by atoms with Gasteiger partial charge in [-0.3, -0.25) is 14.4 Å². The highest BCUT2D eigenvalue weighted by molar-refractivity contribution is 7.97. The second-order valence-corrected chi connectivity index (χ2v) is 15.1. The van der Waals surface area contributed by atoms with Crippen molar-refractivity contribution in [3.05, 3.63) is 47.1 Å². The number of carbonyl (C=O) groups excluding carboxylic acids is 3. The average molecular weight is 723 g/mol. The number of anilines is 2. The summed E-state index contributed by atoms with van der Waals surface area (Å²) in [5, 5.41) is 2.12. The van der Waals surface area contributed by atoms with Gasteiger partial charge in [-0.1, -0.05) is 37.8 Å². The van der Waals surface area contributed by atoms with Crippen molar-refractivity contribution in [1.82, 2.24) is 9.29 Å². The number of nitrogens with two attached hydrogens (primary N) is 3. The van der Waals surface area contributed by atoms with E-state index in [1.54, 1.807) is 18.0 Å². The molecule has 2 aliphatic heterocycles. The van der Waals surface area contributed by atoms with Crippen molar-refractivity contribution in [3.63, 3.8) is 0 Å². The number of nitrogens with zero attached hydrogens (tertiary/aromatic N) is 4. The van der Waals surface area contributed by atoms with Crippen LogP contribution >= 0.6 is 23.5 Å². The van der Waals surface area contributed by atoms with Crippen molar-refractivity contribution in [2.24, 2.45) is 22.8 Å². The lowest BCUT2D eigenvalue weighted by atomic mass is 9.82. The molecule has 0 spiro atoms. The molecule has 1 aromatic carbocycles. The van der Waals surface area contributed by atoms with Crippen molar-refractivity contribution in [1.29, 1.82) is 0 Å². The smallest absolute Gasteiger partial charge is 0.276 e. The van der Waals surface area contributed by atoms with Gasteiger partial charge in [0.05, 0.1) is 6.54 Å². The fourth-order valence-corrected chi connectivity index (χ4v) is 7.57. The van der Waals surface area contributed by atoms with Crippen LogP contribution in [-0.2, 0) is 20.3 Å². The van der Waals surface area contributed by atoms with Gasteiger partial charge in [0.2, 0.25) is 12.3 Å². The predicted octanol–water partition coefficient (Wildman–Crippen LogP) is 4.69. The number of rotatable bonds is 11. The van der Waals surface area contributed by atoms with E-state index in [1.807, 2.05) is 27.2 Å². The Balaban J connectivity index is 0.000000324. The number of alkyl halides is 2. The van der Waals surface area contributed by atoms with E-state index in [-0.39, 0.29) is 28.9 Å². The lowest BCUT2D eigenvalue weighted by Gasteiger charge is -2.35. The number of hydrogen-bond acceptors (Lipinski definition) is 7. The third-order valence-electron chi connectivity index (χ3n) is 9.70. The van der Waals surface area contributed by atoms with E-state index in [1.165, 1.54) is 25.3 Å². The minimum atomic E-state index is -2.88. The zero-order valence-corrected chi connectivity index (χ0v) is 30.0. The summed E-state index contributed by atoms with van der Waals surface area (Å²) in [4.78, 5) is 40.3. The Bertz CT molecular complexity index is 1390. The molecule has 14 heteroatoms. The van der Waals surface area contributed by atoms with Crippen molar-refractivity contribution in [2.45, 2.75) is 81.9 Å². The molecule has 4 aliphatic rings. The molecule has 49 heavy (non-hydrogen) atoms. The van der Waals surface area contributed by atoms with Gasteiger partial charge in [-0.05, 0) is 85.9 Å². The van der Waals surface area contributed by atoms with Crippen LogP contribution in [0.3, 0.4) is 0 Å². The first-order chi connectivity index (χ1) is 23.4. The van der Waals surface area contributed by atoms with Gasteiger partial charge in [-0.2, -0.15) is 0 Å². The second-order valence-electron chi connectivity index (χ2n) is 13.6. The molecule has 270 valence electrons. The van der Waals surface area contributed by atoms with Crippen molar-refractivity contribution >= 4 is 53.3 Å². The maximum atomic E-state index is 15.3. The molecule has 3 heterocycles. The van der Waals surface area contributed by atoms with E-state index in [0.717, 1.165) is 62.4 Å². The van der Waals surface area contributed by atoms with Crippen LogP contribution in [0.25, 0.3) is 0 Å². The van der Waals surface area contributed by atoms with Gasteiger partial charge in [0, 0.05) is 67.6 Å². The number of aromatic nitrogens is 1. The highest BCUT2D eigenvalue weighted by atomic mass is 35.5. The number of hydrogen-bond donors (Lipinski definition) is 3. The van der Waals surface area contributed by atoms with E-state index in [2.05, 4.69) is 34.1 Å². The van der Waals surface area contributed by atoms with Gasteiger partial charge in [-0.15, -0.1) is 0 Å². The molecule has 2 saturated heterocycles. The molecule has 3 amide bonds. The van der Waals surface area contributed by atoms with Crippen LogP contribution < -0.4 is 26.6 Å². The van der Waals surface area contributed by atoms with Crippen LogP contribution in [0.2, 0.25) is 5.15 Å². The van der Waals surface area contributed by atoms with Crippen LogP contribution in [-0.4, -0.2) is 73.3 Å². The Morgan fingerprint density at radius 3 is 2.31 bits per heavy atom. The molecule has 10 nitrogen and oxygen atoms in total. The molecule has 0 radical (unpaired) electrons. The quantitative estimate of drug-likeness (QED) is 0.132. The summed E-state index contributed by atoms with van der Waals surface area (Å²) in [7, 11) is 0. The summed E-state index contributed by atoms with van der Waals surface area (Å²) < 4.78 is 32.8. The summed E-state index contributed by atoms with van der Waals surface area (Å²) in [6, 6.07) is 11.0. The SMILES string of the molecule is CC1(CC[NH2+]CC(N)=O)CC1.NC=O.O=C1CCCN1c1ccc(SN2CCN(c3cc(C(F)(F)C4CCCCC4)cc(Cl)n3)CC2)cc1. The number of pyridine rings is 1. The van der Waals surface area contributed by atoms with Gasteiger partial charge < -0.3 is 26.6 Å². The summed E-state index contributed by atoms with van der Waals surface area (Å²) in [5.74, 6) is -2.99. The van der Waals surface area contributed by atoms with E-state index in [9.17, 15) is 9.59 Å². The maximum Gasteiger partial charge on any atom is 0.276 e. The monoisotopic (exact) mass is 722 g/mol. The number of quaternary nitrogens is 1. The predicted molar refractivity (Wildman–Crippen MR) is 190 cm³/mol. The van der Waals surface area contributed by atoms with Gasteiger partial charge in [0.1, 0.15) is 11.0 Å². The molecule has 2 aliphatic carbocycles. The van der Waals surface area contributed by atoms with E-state index < -0.39 is 11.8 Å². The number of piperazine rings is 1. The fourth-order valence-electron chi connectivity index (χ4n) is 6.46. The molecule has 0 bridgehead atoms. The topological polar surface area (TPSA) is 142 Å². The van der Waals surface area contributed by atoms with Crippen LogP contribution in [0.5, 0.6) is 0 Å². The van der Waals surface area contributed by atoms with Crippen molar-refractivity contribution in [2.75, 3.05) is 55.6 Å². The largest absolute Gasteiger partial charge is 0.372 e. The minimum absolute atomic E-state index is 0.00669. The van der Waals surface area contributed by atoms with Crippen molar-refractivity contribution < 1.29 is 28.5 Å². The summed E-state index contributed by atoms with van der Waals surface area (Å²) in [5.41, 5.74) is 10.7. The molecular weight excluding hydrogens is 672 g/mol. The first-order valence-corrected chi connectivity index (χ1v) is 18.5. The van der Waals surface area contributed by atoms with E-state index in [4.69, 9.17) is 22.1 Å². The number of carbonyl (C=O) groups is 3. The normalized spacial score (nSPS) is 19.4. The maximum absolute atomic E-state index is 15.3. The first kappa shape index (κ1) is 38.8. The standard InChI is InChI=1S/C26H31ClF2N4OS.C8H16N2O.CH3NO/c27-23-17-20(26(28,29)19-5-2-1-3-6-19)18-24(30-23)31-13-15-32(16-14-31)35-22-10-8-21(9-11-22)33-12-4-7-25(33)34;1-8(2-3-8)4-5-10-6-7(9)11;2-1-3/h8-11,17-19H,1-7,12-16H2;10H,2-6H2,1H3,(H2,9,11);1H,(H2,2,3)/p+1. The Hall–Kier alpha value is -3.00. The average Bonchev–Trinajstić information content (AvgIpc) is 3.67. The molecule has 4 fully saturated rings. The van der Waals surface area contributed by atoms with E-state index >= 15 is 8.78 Å². The molecule has 6 N–H and O–H groups in total. The molecule has 2 saturated carbocycles. The van der Waals surface area contributed by atoms with Crippen LogP contribution in [0.4, 0.5) is 20.3 Å². The van der Waals surface area contributed by atoms with Gasteiger partial charge in [0.15, 0.2) is 6.54 Å². The third kappa shape index (κ3) is 11.8. The minimum Gasteiger partial charge on any atom is -0.372 e. The molecule has 2 aromatic rings. The lowest BCUT2D eigenvalue weighted by molar-refractivity contribution is -0.645. The van der Waals surface area contributed by atoms with E-state index in [0.29, 0.717) is 50.1 Å². The summed E-state index contributed by atoms with van der Waals surface area (Å²) in [6.45, 7) is 7.50. The van der Waals surface area contributed by atoms with Gasteiger partial charge in [0.25, 0.3) is 11.8 Å². The summed E-state index contributed by atoms with van der Waals surface area (Å²) >= 11 is 7.89. The van der Waals surface area contributed by atoms with Gasteiger partial charge in [-0.25, -0.2) is 18.1 Å². The number of amides is 3. The zero-order chi connectivity index (χ0) is 35.4. The number of halogens is 3. The zero-order valence-electron chi connectivity index (χ0n) is 28.4. The Morgan fingerprint density at radius 2 is 1.73 bits per heavy atom. The molecule has 0 atom stereocenters. The lowest BCUT2D eigenvalue weighted by Crippen LogP contribution is -2.86. The third-order valence-corrected chi connectivity index (χ3v) is 11.0. The van der Waals surface area contributed by atoms with Crippen LogP contribution in [0, 0.1) is 11.3 Å².